The summed E-state index contributed by atoms with van der Waals surface area (Å²) in [4.78, 5) is 28.3. The van der Waals surface area contributed by atoms with Gasteiger partial charge in [0.05, 0.1) is 23.8 Å². The molecule has 0 unspecified atom stereocenters. The summed E-state index contributed by atoms with van der Waals surface area (Å²) in [6.07, 6.45) is 0.931. The standard InChI is InChI=1S/C18H27ClN4O2/c1-3-14(2)20-17(24)12-22-8-10-23(11-9-22)13-18(25)21-16-7-5-4-6-15(16)19/h4-7,14H,3,8-13H2,1-2H3,(H,20,24)(H,21,25)/t14-/m0/s1. The van der Waals surface area contributed by atoms with E-state index in [-0.39, 0.29) is 17.9 Å². The lowest BCUT2D eigenvalue weighted by molar-refractivity contribution is -0.124. The number of hydrogen-bond donors (Lipinski definition) is 2. The van der Waals surface area contributed by atoms with Crippen LogP contribution in [0.1, 0.15) is 20.3 Å². The Morgan fingerprint density at radius 1 is 1.08 bits per heavy atom. The van der Waals surface area contributed by atoms with Crippen LogP contribution < -0.4 is 10.6 Å². The van der Waals surface area contributed by atoms with Gasteiger partial charge in [-0.25, -0.2) is 0 Å². The van der Waals surface area contributed by atoms with Crippen LogP contribution in [0, 0.1) is 0 Å². The Balaban J connectivity index is 1.70. The average Bonchev–Trinajstić information content (AvgIpc) is 2.58. The number of nitrogens with zero attached hydrogens (tertiary/aromatic N) is 2. The minimum atomic E-state index is -0.0731. The van der Waals surface area contributed by atoms with Crippen molar-refractivity contribution < 1.29 is 9.59 Å². The van der Waals surface area contributed by atoms with E-state index in [9.17, 15) is 9.59 Å². The third kappa shape index (κ3) is 6.65. The van der Waals surface area contributed by atoms with Crippen molar-refractivity contribution in [2.24, 2.45) is 0 Å². The molecular formula is C18H27ClN4O2. The maximum Gasteiger partial charge on any atom is 0.238 e. The Hall–Kier alpha value is -1.63. The second kappa shape index (κ2) is 9.75. The highest BCUT2D eigenvalue weighted by Gasteiger charge is 2.21. The summed E-state index contributed by atoms with van der Waals surface area (Å²) in [5, 5.41) is 6.36. The summed E-state index contributed by atoms with van der Waals surface area (Å²) in [5.41, 5.74) is 0.634. The first-order chi connectivity index (χ1) is 12.0. The molecule has 25 heavy (non-hydrogen) atoms. The van der Waals surface area contributed by atoms with Crippen molar-refractivity contribution in [3.63, 3.8) is 0 Å². The molecule has 0 aliphatic carbocycles. The van der Waals surface area contributed by atoms with Gasteiger partial charge in [0.25, 0.3) is 0 Å². The monoisotopic (exact) mass is 366 g/mol. The van der Waals surface area contributed by atoms with Gasteiger partial charge in [0.2, 0.25) is 11.8 Å². The second-order valence-corrected chi connectivity index (χ2v) is 6.86. The predicted molar refractivity (Wildman–Crippen MR) is 101 cm³/mol. The summed E-state index contributed by atoms with van der Waals surface area (Å²) in [6.45, 7) is 7.92. The van der Waals surface area contributed by atoms with Crippen LogP contribution in [0.5, 0.6) is 0 Å². The zero-order valence-corrected chi connectivity index (χ0v) is 15.7. The van der Waals surface area contributed by atoms with Gasteiger partial charge in [-0.2, -0.15) is 0 Å². The molecule has 6 nitrogen and oxygen atoms in total. The molecule has 1 saturated heterocycles. The molecule has 0 saturated carbocycles. The van der Waals surface area contributed by atoms with Crippen molar-refractivity contribution in [1.82, 2.24) is 15.1 Å². The van der Waals surface area contributed by atoms with E-state index in [1.807, 2.05) is 19.1 Å². The summed E-state index contributed by atoms with van der Waals surface area (Å²) >= 11 is 6.05. The molecule has 1 aromatic rings. The van der Waals surface area contributed by atoms with Gasteiger partial charge in [-0.3, -0.25) is 19.4 Å². The highest BCUT2D eigenvalue weighted by Crippen LogP contribution is 2.20. The lowest BCUT2D eigenvalue weighted by atomic mass is 10.2. The molecule has 1 aliphatic heterocycles. The first kappa shape index (κ1) is 19.7. The molecule has 1 atom stereocenters. The van der Waals surface area contributed by atoms with Gasteiger partial charge in [-0.05, 0) is 25.5 Å². The lowest BCUT2D eigenvalue weighted by Crippen LogP contribution is -2.51. The van der Waals surface area contributed by atoms with Gasteiger partial charge >= 0.3 is 0 Å². The molecule has 2 rings (SSSR count). The lowest BCUT2D eigenvalue weighted by Gasteiger charge is -2.34. The molecule has 2 amide bonds. The van der Waals surface area contributed by atoms with Crippen molar-refractivity contribution in [3.05, 3.63) is 29.3 Å². The van der Waals surface area contributed by atoms with Gasteiger partial charge < -0.3 is 10.6 Å². The Bertz CT molecular complexity index is 588. The SMILES string of the molecule is CC[C@H](C)NC(=O)CN1CCN(CC(=O)Nc2ccccc2Cl)CC1. The number of rotatable bonds is 7. The normalized spacial score (nSPS) is 17.1. The van der Waals surface area contributed by atoms with Crippen molar-refractivity contribution in [2.45, 2.75) is 26.3 Å². The number of piperazine rings is 1. The molecule has 0 spiro atoms. The van der Waals surface area contributed by atoms with Crippen LogP contribution in [0.25, 0.3) is 0 Å². The quantitative estimate of drug-likeness (QED) is 0.772. The summed E-state index contributed by atoms with van der Waals surface area (Å²) in [6, 6.07) is 7.41. The number of hydrogen-bond acceptors (Lipinski definition) is 4. The van der Waals surface area contributed by atoms with Gasteiger partial charge in [-0.15, -0.1) is 0 Å². The molecule has 138 valence electrons. The number of carbonyl (C=O) groups excluding carboxylic acids is 2. The van der Waals surface area contributed by atoms with Crippen LogP contribution in [0.2, 0.25) is 5.02 Å². The fourth-order valence-electron chi connectivity index (χ4n) is 2.69. The number of carbonyl (C=O) groups is 2. The van der Waals surface area contributed by atoms with E-state index in [2.05, 4.69) is 27.4 Å². The third-order valence-corrected chi connectivity index (χ3v) is 4.70. The molecule has 0 radical (unpaired) electrons. The zero-order valence-electron chi connectivity index (χ0n) is 14.9. The molecular weight excluding hydrogens is 340 g/mol. The van der Waals surface area contributed by atoms with E-state index in [4.69, 9.17) is 11.6 Å². The van der Waals surface area contributed by atoms with E-state index >= 15 is 0 Å². The topological polar surface area (TPSA) is 64.7 Å². The fourth-order valence-corrected chi connectivity index (χ4v) is 2.87. The summed E-state index contributed by atoms with van der Waals surface area (Å²) < 4.78 is 0. The maximum atomic E-state index is 12.2. The second-order valence-electron chi connectivity index (χ2n) is 6.46. The highest BCUT2D eigenvalue weighted by molar-refractivity contribution is 6.33. The van der Waals surface area contributed by atoms with Crippen LogP contribution in [-0.2, 0) is 9.59 Å². The molecule has 1 aliphatic rings. The van der Waals surface area contributed by atoms with E-state index in [0.29, 0.717) is 23.8 Å². The number of benzene rings is 1. The van der Waals surface area contributed by atoms with Crippen LogP contribution in [0.3, 0.4) is 0 Å². The molecule has 7 heteroatoms. The van der Waals surface area contributed by atoms with Crippen molar-refractivity contribution in [3.8, 4) is 0 Å². The van der Waals surface area contributed by atoms with Crippen LogP contribution in [0.4, 0.5) is 5.69 Å². The third-order valence-electron chi connectivity index (χ3n) is 4.37. The predicted octanol–water partition coefficient (Wildman–Crippen LogP) is 1.81. The van der Waals surface area contributed by atoms with Gasteiger partial charge in [0.1, 0.15) is 0 Å². The van der Waals surface area contributed by atoms with Gasteiger partial charge in [-0.1, -0.05) is 30.7 Å². The van der Waals surface area contributed by atoms with Crippen molar-refractivity contribution in [1.29, 1.82) is 0 Å². The molecule has 0 bridgehead atoms. The first-order valence-electron chi connectivity index (χ1n) is 8.76. The Morgan fingerprint density at radius 2 is 1.64 bits per heavy atom. The molecule has 1 fully saturated rings. The van der Waals surface area contributed by atoms with Crippen molar-refractivity contribution >= 4 is 29.1 Å². The number of para-hydroxylation sites is 1. The Kier molecular flexibility index (Phi) is 7.68. The van der Waals surface area contributed by atoms with E-state index in [1.54, 1.807) is 12.1 Å². The zero-order chi connectivity index (χ0) is 18.2. The Morgan fingerprint density at radius 3 is 2.20 bits per heavy atom. The summed E-state index contributed by atoms with van der Waals surface area (Å²) in [5.74, 6) is -0.00433. The number of amides is 2. The van der Waals surface area contributed by atoms with E-state index in [1.165, 1.54) is 0 Å². The molecule has 1 aromatic carbocycles. The minimum absolute atomic E-state index is 0.0688. The first-order valence-corrected chi connectivity index (χ1v) is 9.14. The smallest absolute Gasteiger partial charge is 0.238 e. The Labute approximate surface area is 154 Å². The summed E-state index contributed by atoms with van der Waals surface area (Å²) in [7, 11) is 0. The van der Waals surface area contributed by atoms with Gasteiger partial charge in [0.15, 0.2) is 0 Å². The average molecular weight is 367 g/mol. The number of anilines is 1. The van der Waals surface area contributed by atoms with Crippen LogP contribution in [0.15, 0.2) is 24.3 Å². The minimum Gasteiger partial charge on any atom is -0.353 e. The molecule has 0 aromatic heterocycles. The van der Waals surface area contributed by atoms with E-state index < -0.39 is 0 Å². The van der Waals surface area contributed by atoms with E-state index in [0.717, 1.165) is 32.6 Å². The molecule has 2 N–H and O–H groups in total. The number of nitrogens with one attached hydrogen (secondary N) is 2. The molecule has 1 heterocycles. The maximum absolute atomic E-state index is 12.2. The largest absolute Gasteiger partial charge is 0.353 e. The van der Waals surface area contributed by atoms with Gasteiger partial charge in [0, 0.05) is 32.2 Å². The van der Waals surface area contributed by atoms with Crippen LogP contribution in [-0.4, -0.2) is 66.9 Å². The fraction of sp³-hybridized carbons (Fsp3) is 0.556. The van der Waals surface area contributed by atoms with Crippen molar-refractivity contribution in [2.75, 3.05) is 44.6 Å². The number of halogens is 1. The highest BCUT2D eigenvalue weighted by atomic mass is 35.5. The van der Waals surface area contributed by atoms with Crippen LogP contribution >= 0.6 is 11.6 Å².